The Morgan fingerprint density at radius 2 is 1.83 bits per heavy atom. The molecule has 7 heteroatoms. The summed E-state index contributed by atoms with van der Waals surface area (Å²) in [5, 5.41) is 8.90. The first-order chi connectivity index (χ1) is 14.2. The molecule has 1 aromatic carbocycles. The number of aromatic nitrogens is 3. The van der Waals surface area contributed by atoms with Crippen LogP contribution in [0.25, 0.3) is 6.08 Å². The van der Waals surface area contributed by atoms with Crippen molar-refractivity contribution < 1.29 is 14.3 Å². The van der Waals surface area contributed by atoms with E-state index in [4.69, 9.17) is 9.47 Å². The van der Waals surface area contributed by atoms with Crippen molar-refractivity contribution in [1.29, 1.82) is 0 Å². The normalized spacial score (nSPS) is 19.2. The maximum Gasteiger partial charge on any atom is 0.247 e. The Balaban J connectivity index is 1.53. The van der Waals surface area contributed by atoms with Gasteiger partial charge in [0.05, 0.1) is 20.3 Å². The van der Waals surface area contributed by atoms with Crippen molar-refractivity contribution in [3.63, 3.8) is 0 Å². The van der Waals surface area contributed by atoms with E-state index >= 15 is 0 Å². The molecular weight excluding hydrogens is 368 g/mol. The van der Waals surface area contributed by atoms with E-state index in [0.29, 0.717) is 11.5 Å². The second-order valence-electron chi connectivity index (χ2n) is 7.61. The van der Waals surface area contributed by atoms with Crippen LogP contribution >= 0.6 is 0 Å². The summed E-state index contributed by atoms with van der Waals surface area (Å²) in [6.45, 7) is 1.70. The zero-order valence-electron chi connectivity index (χ0n) is 17.1. The van der Waals surface area contributed by atoms with Gasteiger partial charge in [-0.15, -0.1) is 10.2 Å². The Kier molecular flexibility index (Phi) is 5.83. The SMILES string of the molecule is COc1cc(/C=C/C(=O)N2CCCC2c2nnc3n2CCCCC3)cc(OC)c1. The molecule has 1 aromatic heterocycles. The van der Waals surface area contributed by atoms with Gasteiger partial charge in [0.15, 0.2) is 5.82 Å². The molecule has 1 atom stereocenters. The molecule has 1 unspecified atom stereocenters. The lowest BCUT2D eigenvalue weighted by Gasteiger charge is -2.23. The number of aryl methyl sites for hydroxylation is 1. The van der Waals surface area contributed by atoms with Crippen LogP contribution in [-0.2, 0) is 17.8 Å². The number of hydrogen-bond acceptors (Lipinski definition) is 5. The summed E-state index contributed by atoms with van der Waals surface area (Å²) in [5.74, 6) is 3.41. The van der Waals surface area contributed by atoms with Crippen molar-refractivity contribution in [3.8, 4) is 11.5 Å². The second kappa shape index (κ2) is 8.68. The first kappa shape index (κ1) is 19.5. The molecule has 0 saturated carbocycles. The number of likely N-dealkylation sites (tertiary alicyclic amines) is 1. The molecule has 0 aliphatic carbocycles. The van der Waals surface area contributed by atoms with E-state index in [1.54, 1.807) is 20.3 Å². The van der Waals surface area contributed by atoms with Gasteiger partial charge >= 0.3 is 0 Å². The standard InChI is InChI=1S/C22H28N4O3/c1-28-17-13-16(14-18(15-17)29-2)9-10-21(27)25-12-6-7-19(25)22-24-23-20-8-4-3-5-11-26(20)22/h9-10,13-15,19H,3-8,11-12H2,1-2H3/b10-9+. The molecule has 1 saturated heterocycles. The molecule has 7 nitrogen and oxygen atoms in total. The lowest BCUT2D eigenvalue weighted by atomic mass is 10.1. The lowest BCUT2D eigenvalue weighted by molar-refractivity contribution is -0.127. The van der Waals surface area contributed by atoms with Crippen molar-refractivity contribution >= 4 is 12.0 Å². The van der Waals surface area contributed by atoms with Crippen LogP contribution in [-0.4, -0.2) is 46.3 Å². The molecule has 1 amide bonds. The Bertz CT molecular complexity index is 883. The van der Waals surface area contributed by atoms with E-state index in [0.717, 1.165) is 62.4 Å². The van der Waals surface area contributed by atoms with E-state index in [-0.39, 0.29) is 11.9 Å². The molecule has 1 fully saturated rings. The number of carbonyl (C=O) groups excluding carboxylic acids is 1. The second-order valence-corrected chi connectivity index (χ2v) is 7.61. The zero-order valence-corrected chi connectivity index (χ0v) is 17.1. The van der Waals surface area contributed by atoms with Gasteiger partial charge in [-0.2, -0.15) is 0 Å². The maximum atomic E-state index is 13.0. The number of amides is 1. The van der Waals surface area contributed by atoms with Gasteiger partial charge in [0, 0.05) is 31.7 Å². The highest BCUT2D eigenvalue weighted by Crippen LogP contribution is 2.32. The van der Waals surface area contributed by atoms with Gasteiger partial charge in [-0.3, -0.25) is 4.79 Å². The molecule has 29 heavy (non-hydrogen) atoms. The average Bonchev–Trinajstić information content (AvgIpc) is 3.32. The molecule has 0 N–H and O–H groups in total. The number of nitrogens with zero attached hydrogens (tertiary/aromatic N) is 4. The molecule has 0 spiro atoms. The highest BCUT2D eigenvalue weighted by atomic mass is 16.5. The highest BCUT2D eigenvalue weighted by molar-refractivity contribution is 5.92. The average molecular weight is 396 g/mol. The number of rotatable bonds is 5. The van der Waals surface area contributed by atoms with Gasteiger partial charge in [-0.1, -0.05) is 6.42 Å². The largest absolute Gasteiger partial charge is 0.497 e. The molecule has 2 aromatic rings. The molecule has 154 valence electrons. The van der Waals surface area contributed by atoms with Crippen LogP contribution in [0.3, 0.4) is 0 Å². The third-order valence-corrected chi connectivity index (χ3v) is 5.76. The van der Waals surface area contributed by atoms with Crippen LogP contribution in [0.15, 0.2) is 24.3 Å². The van der Waals surface area contributed by atoms with Crippen molar-refractivity contribution in [2.24, 2.45) is 0 Å². The fourth-order valence-corrected chi connectivity index (χ4v) is 4.24. The Hall–Kier alpha value is -2.83. The van der Waals surface area contributed by atoms with Gasteiger partial charge in [0.25, 0.3) is 0 Å². The van der Waals surface area contributed by atoms with E-state index in [1.165, 1.54) is 6.42 Å². The molecule has 4 rings (SSSR count). The Morgan fingerprint density at radius 1 is 1.03 bits per heavy atom. The van der Waals surface area contributed by atoms with Gasteiger partial charge in [0.2, 0.25) is 5.91 Å². The molecule has 2 aliphatic rings. The van der Waals surface area contributed by atoms with Gasteiger partial charge < -0.3 is 18.9 Å². The Morgan fingerprint density at radius 3 is 2.59 bits per heavy atom. The van der Waals surface area contributed by atoms with Gasteiger partial charge in [-0.05, 0) is 49.5 Å². The number of ether oxygens (including phenoxy) is 2. The fourth-order valence-electron chi connectivity index (χ4n) is 4.24. The van der Waals surface area contributed by atoms with E-state index in [9.17, 15) is 4.79 Å². The predicted molar refractivity (Wildman–Crippen MR) is 110 cm³/mol. The summed E-state index contributed by atoms with van der Waals surface area (Å²) in [6.07, 6.45) is 9.88. The number of carbonyl (C=O) groups is 1. The van der Waals surface area contributed by atoms with Crippen molar-refractivity contribution in [2.75, 3.05) is 20.8 Å². The summed E-state index contributed by atoms with van der Waals surface area (Å²) in [6, 6.07) is 5.58. The fraction of sp³-hybridized carbons (Fsp3) is 0.500. The molecular formula is C22H28N4O3. The predicted octanol–water partition coefficient (Wildman–Crippen LogP) is 3.40. The maximum absolute atomic E-state index is 13.0. The van der Waals surface area contributed by atoms with Gasteiger partial charge in [-0.25, -0.2) is 0 Å². The number of fused-ring (bicyclic) bond motifs is 1. The minimum Gasteiger partial charge on any atom is -0.497 e. The van der Waals surface area contributed by atoms with E-state index in [1.807, 2.05) is 29.2 Å². The van der Waals surface area contributed by atoms with Crippen LogP contribution in [0.2, 0.25) is 0 Å². The molecule has 2 aliphatic heterocycles. The minimum atomic E-state index is 0.000240. The molecule has 0 bridgehead atoms. The zero-order chi connectivity index (χ0) is 20.2. The molecule has 3 heterocycles. The topological polar surface area (TPSA) is 69.5 Å². The van der Waals surface area contributed by atoms with E-state index < -0.39 is 0 Å². The van der Waals surface area contributed by atoms with Gasteiger partial charge in [0.1, 0.15) is 17.3 Å². The quantitative estimate of drug-likeness (QED) is 0.725. The van der Waals surface area contributed by atoms with Crippen LogP contribution < -0.4 is 9.47 Å². The first-order valence-electron chi connectivity index (χ1n) is 10.3. The highest BCUT2D eigenvalue weighted by Gasteiger charge is 2.33. The third kappa shape index (κ3) is 4.13. The van der Waals surface area contributed by atoms with Crippen molar-refractivity contribution in [1.82, 2.24) is 19.7 Å². The Labute approximate surface area is 171 Å². The summed E-state index contributed by atoms with van der Waals surface area (Å²) < 4.78 is 12.9. The van der Waals surface area contributed by atoms with Crippen LogP contribution in [0.5, 0.6) is 11.5 Å². The van der Waals surface area contributed by atoms with Crippen molar-refractivity contribution in [2.45, 2.75) is 51.1 Å². The number of benzene rings is 1. The number of methoxy groups -OCH3 is 2. The van der Waals surface area contributed by atoms with Crippen LogP contribution in [0.4, 0.5) is 0 Å². The molecule has 0 radical (unpaired) electrons. The van der Waals surface area contributed by atoms with Crippen LogP contribution in [0, 0.1) is 0 Å². The van der Waals surface area contributed by atoms with Crippen molar-refractivity contribution in [3.05, 3.63) is 41.5 Å². The summed E-state index contributed by atoms with van der Waals surface area (Å²) >= 11 is 0. The summed E-state index contributed by atoms with van der Waals surface area (Å²) in [4.78, 5) is 14.9. The summed E-state index contributed by atoms with van der Waals surface area (Å²) in [7, 11) is 3.23. The van der Waals surface area contributed by atoms with E-state index in [2.05, 4.69) is 14.8 Å². The minimum absolute atomic E-state index is 0.000240. The first-order valence-corrected chi connectivity index (χ1v) is 10.3. The van der Waals surface area contributed by atoms with Crippen LogP contribution in [0.1, 0.15) is 55.4 Å². The lowest BCUT2D eigenvalue weighted by Crippen LogP contribution is -2.30. The third-order valence-electron chi connectivity index (χ3n) is 5.76. The summed E-state index contributed by atoms with van der Waals surface area (Å²) in [5.41, 5.74) is 0.863. The number of hydrogen-bond donors (Lipinski definition) is 0. The monoisotopic (exact) mass is 396 g/mol. The smallest absolute Gasteiger partial charge is 0.247 e.